The molecule has 0 radical (unpaired) electrons. The van der Waals surface area contributed by atoms with Gasteiger partial charge in [-0.15, -0.1) is 0 Å². The normalized spacial score (nSPS) is 25.1. The molecule has 19 heavy (non-hydrogen) atoms. The number of carbonyl (C=O) groups excluding carboxylic acids is 1. The number of ether oxygens (including phenoxy) is 1. The molecule has 7 heteroatoms. The molecule has 0 spiro atoms. The van der Waals surface area contributed by atoms with Crippen LogP contribution in [0.15, 0.2) is 0 Å². The number of rotatable bonds is 3. The molecule has 2 rings (SSSR count). The third kappa shape index (κ3) is 4.01. The van der Waals surface area contributed by atoms with Crippen LogP contribution in [0.5, 0.6) is 0 Å². The SMILES string of the molecule is O=C(O)C1CSCCN1C(=O)NCC1CCOCC1. The van der Waals surface area contributed by atoms with Gasteiger partial charge in [0.2, 0.25) is 0 Å². The second kappa shape index (κ2) is 7.00. The summed E-state index contributed by atoms with van der Waals surface area (Å²) in [5.74, 6) is 0.794. The van der Waals surface area contributed by atoms with Gasteiger partial charge in [0.15, 0.2) is 0 Å². The van der Waals surface area contributed by atoms with Crippen LogP contribution < -0.4 is 5.32 Å². The Kier molecular flexibility index (Phi) is 5.33. The monoisotopic (exact) mass is 288 g/mol. The highest BCUT2D eigenvalue weighted by Gasteiger charge is 2.32. The Labute approximate surface area is 116 Å². The second-order valence-corrected chi connectivity index (χ2v) is 6.01. The van der Waals surface area contributed by atoms with Crippen molar-refractivity contribution in [2.24, 2.45) is 5.92 Å². The molecule has 1 atom stereocenters. The van der Waals surface area contributed by atoms with Gasteiger partial charge >= 0.3 is 12.0 Å². The van der Waals surface area contributed by atoms with Crippen LogP contribution in [0, 0.1) is 5.92 Å². The van der Waals surface area contributed by atoms with Gasteiger partial charge in [0, 0.05) is 37.8 Å². The zero-order chi connectivity index (χ0) is 13.7. The molecule has 2 heterocycles. The molecule has 6 nitrogen and oxygen atoms in total. The van der Waals surface area contributed by atoms with Gasteiger partial charge in [-0.2, -0.15) is 11.8 Å². The number of urea groups is 1. The highest BCUT2D eigenvalue weighted by Crippen LogP contribution is 2.17. The number of amides is 2. The van der Waals surface area contributed by atoms with Gasteiger partial charge in [-0.3, -0.25) is 0 Å². The second-order valence-electron chi connectivity index (χ2n) is 4.86. The average Bonchev–Trinajstić information content (AvgIpc) is 2.46. The zero-order valence-corrected chi connectivity index (χ0v) is 11.7. The minimum Gasteiger partial charge on any atom is -0.480 e. The number of carboxylic acid groups (broad SMARTS) is 1. The lowest BCUT2D eigenvalue weighted by atomic mass is 10.0. The lowest BCUT2D eigenvalue weighted by molar-refractivity contribution is -0.141. The minimum absolute atomic E-state index is 0.251. The molecule has 2 fully saturated rings. The van der Waals surface area contributed by atoms with Crippen LogP contribution >= 0.6 is 11.8 Å². The predicted molar refractivity (Wildman–Crippen MR) is 72.4 cm³/mol. The first-order valence-corrected chi connectivity index (χ1v) is 7.76. The summed E-state index contributed by atoms with van der Waals surface area (Å²) in [6.07, 6.45) is 1.91. The van der Waals surface area contributed by atoms with Gasteiger partial charge in [-0.25, -0.2) is 9.59 Å². The predicted octanol–water partition coefficient (Wildman–Crippen LogP) is 0.625. The van der Waals surface area contributed by atoms with Crippen LogP contribution in [0.4, 0.5) is 4.79 Å². The van der Waals surface area contributed by atoms with E-state index in [2.05, 4.69) is 5.32 Å². The van der Waals surface area contributed by atoms with Crippen molar-refractivity contribution in [2.75, 3.05) is 37.8 Å². The van der Waals surface area contributed by atoms with Crippen molar-refractivity contribution in [3.63, 3.8) is 0 Å². The van der Waals surface area contributed by atoms with E-state index in [1.807, 2.05) is 0 Å². The number of carboxylic acids is 1. The number of hydrogen-bond donors (Lipinski definition) is 2. The van der Waals surface area contributed by atoms with Crippen LogP contribution in [-0.4, -0.2) is 65.9 Å². The Hall–Kier alpha value is -0.950. The van der Waals surface area contributed by atoms with E-state index in [-0.39, 0.29) is 6.03 Å². The van der Waals surface area contributed by atoms with Crippen molar-refractivity contribution in [1.29, 1.82) is 0 Å². The van der Waals surface area contributed by atoms with E-state index < -0.39 is 12.0 Å². The molecule has 2 saturated heterocycles. The summed E-state index contributed by atoms with van der Waals surface area (Å²) in [5.41, 5.74) is 0. The van der Waals surface area contributed by atoms with E-state index in [1.54, 1.807) is 11.8 Å². The third-order valence-electron chi connectivity index (χ3n) is 3.56. The first-order chi connectivity index (χ1) is 9.18. The maximum Gasteiger partial charge on any atom is 0.327 e. The van der Waals surface area contributed by atoms with Crippen LogP contribution in [-0.2, 0) is 9.53 Å². The number of thioether (sulfide) groups is 1. The average molecular weight is 288 g/mol. The lowest BCUT2D eigenvalue weighted by Gasteiger charge is -2.33. The van der Waals surface area contributed by atoms with E-state index in [9.17, 15) is 9.59 Å². The molecule has 0 aromatic rings. The van der Waals surface area contributed by atoms with Gasteiger partial charge in [-0.1, -0.05) is 0 Å². The largest absolute Gasteiger partial charge is 0.480 e. The number of nitrogens with zero attached hydrogens (tertiary/aromatic N) is 1. The van der Waals surface area contributed by atoms with Crippen molar-refractivity contribution < 1.29 is 19.4 Å². The van der Waals surface area contributed by atoms with Crippen LogP contribution in [0.3, 0.4) is 0 Å². The molecule has 0 aromatic heterocycles. The van der Waals surface area contributed by atoms with Gasteiger partial charge in [0.1, 0.15) is 6.04 Å². The summed E-state index contributed by atoms with van der Waals surface area (Å²) in [6, 6.07) is -0.951. The molecule has 0 aliphatic carbocycles. The Balaban J connectivity index is 1.81. The molecule has 1 unspecified atom stereocenters. The standard InChI is InChI=1S/C12H20N2O4S/c15-11(16)10-8-19-6-3-14(10)12(17)13-7-9-1-4-18-5-2-9/h9-10H,1-8H2,(H,13,17)(H,15,16). The van der Waals surface area contributed by atoms with Crippen molar-refractivity contribution in [2.45, 2.75) is 18.9 Å². The number of nitrogens with one attached hydrogen (secondary N) is 1. The van der Waals surface area contributed by atoms with Crippen molar-refractivity contribution in [3.05, 3.63) is 0 Å². The van der Waals surface area contributed by atoms with Gasteiger partial charge in [0.25, 0.3) is 0 Å². The van der Waals surface area contributed by atoms with Crippen molar-refractivity contribution in [1.82, 2.24) is 10.2 Å². The lowest BCUT2D eigenvalue weighted by Crippen LogP contribution is -2.54. The fourth-order valence-corrected chi connectivity index (χ4v) is 3.37. The van der Waals surface area contributed by atoms with Crippen LogP contribution in [0.1, 0.15) is 12.8 Å². The van der Waals surface area contributed by atoms with Gasteiger partial charge in [-0.05, 0) is 18.8 Å². The highest BCUT2D eigenvalue weighted by molar-refractivity contribution is 7.99. The maximum absolute atomic E-state index is 12.1. The highest BCUT2D eigenvalue weighted by atomic mass is 32.2. The topological polar surface area (TPSA) is 78.9 Å². The Morgan fingerprint density at radius 3 is 2.79 bits per heavy atom. The van der Waals surface area contributed by atoms with Crippen molar-refractivity contribution in [3.8, 4) is 0 Å². The molecule has 0 saturated carbocycles. The number of aliphatic carboxylic acids is 1. The quantitative estimate of drug-likeness (QED) is 0.796. The Bertz CT molecular complexity index is 334. The van der Waals surface area contributed by atoms with Gasteiger partial charge < -0.3 is 20.1 Å². The summed E-state index contributed by atoms with van der Waals surface area (Å²) in [6.45, 7) is 2.61. The molecular formula is C12H20N2O4S. The fourth-order valence-electron chi connectivity index (χ4n) is 2.34. The van der Waals surface area contributed by atoms with E-state index >= 15 is 0 Å². The number of hydrogen-bond acceptors (Lipinski definition) is 4. The van der Waals surface area contributed by atoms with E-state index in [4.69, 9.17) is 9.84 Å². The summed E-state index contributed by atoms with van der Waals surface area (Å²) < 4.78 is 5.27. The first-order valence-electron chi connectivity index (χ1n) is 6.61. The molecule has 0 aromatic carbocycles. The molecule has 2 aliphatic rings. The number of carbonyl (C=O) groups is 2. The van der Waals surface area contributed by atoms with Crippen LogP contribution in [0.2, 0.25) is 0 Å². The summed E-state index contributed by atoms with van der Waals surface area (Å²) in [5, 5.41) is 12.0. The van der Waals surface area contributed by atoms with E-state index in [0.717, 1.165) is 31.8 Å². The molecule has 0 bridgehead atoms. The van der Waals surface area contributed by atoms with Gasteiger partial charge in [0.05, 0.1) is 0 Å². The molecule has 2 N–H and O–H groups in total. The van der Waals surface area contributed by atoms with E-state index in [0.29, 0.717) is 24.8 Å². The maximum atomic E-state index is 12.1. The summed E-state index contributed by atoms with van der Waals surface area (Å²) in [4.78, 5) is 24.6. The minimum atomic E-state index is -0.923. The zero-order valence-electron chi connectivity index (χ0n) is 10.8. The summed E-state index contributed by atoms with van der Waals surface area (Å²) >= 11 is 1.58. The smallest absolute Gasteiger partial charge is 0.327 e. The molecule has 2 aliphatic heterocycles. The van der Waals surface area contributed by atoms with Crippen molar-refractivity contribution >= 4 is 23.8 Å². The molecule has 2 amide bonds. The third-order valence-corrected chi connectivity index (χ3v) is 4.58. The Morgan fingerprint density at radius 1 is 1.37 bits per heavy atom. The van der Waals surface area contributed by atoms with Crippen LogP contribution in [0.25, 0.3) is 0 Å². The Morgan fingerprint density at radius 2 is 2.11 bits per heavy atom. The first kappa shape index (κ1) is 14.5. The fraction of sp³-hybridized carbons (Fsp3) is 0.833. The molecular weight excluding hydrogens is 268 g/mol. The van der Waals surface area contributed by atoms with E-state index in [1.165, 1.54) is 4.90 Å². The molecule has 108 valence electrons. The summed E-state index contributed by atoms with van der Waals surface area (Å²) in [7, 11) is 0.